The average molecular weight is 461 g/mol. The van der Waals surface area contributed by atoms with Gasteiger partial charge in [-0.3, -0.25) is 24.0 Å². The minimum atomic E-state index is -1.61. The SMILES string of the molecule is CC(C)C(N)C(=O)NC(CCC(=O)O)C(=O)NC(CO)C(=O)NC(CCC(N)=O)C(=O)O. The van der Waals surface area contributed by atoms with Gasteiger partial charge in [0.2, 0.25) is 23.6 Å². The third-order valence-electron chi connectivity index (χ3n) is 4.41. The molecular formula is C18H31N5O9. The van der Waals surface area contributed by atoms with E-state index in [1.165, 1.54) is 0 Å². The van der Waals surface area contributed by atoms with E-state index in [1.807, 2.05) is 0 Å². The Morgan fingerprint density at radius 1 is 0.781 bits per heavy atom. The standard InChI is InChI=1S/C18H31N5O9/c1-8(2)14(20)17(30)21-9(4-6-13(26)27)15(28)23-11(7-24)16(29)22-10(18(31)32)3-5-12(19)25/h8-11,14,24H,3-7,20H2,1-2H3,(H2,19,25)(H,21,30)(H,22,29)(H,23,28)(H,26,27)(H,31,32). The molecule has 0 aromatic carbocycles. The molecule has 0 radical (unpaired) electrons. The summed E-state index contributed by atoms with van der Waals surface area (Å²) in [6.07, 6.45) is -1.45. The number of carbonyl (C=O) groups excluding carboxylic acids is 4. The first-order valence-electron chi connectivity index (χ1n) is 9.80. The molecule has 0 saturated heterocycles. The molecule has 0 spiro atoms. The fourth-order valence-electron chi connectivity index (χ4n) is 2.39. The maximum atomic E-state index is 12.6. The Bertz CT molecular complexity index is 713. The number of primary amides is 1. The van der Waals surface area contributed by atoms with Gasteiger partial charge in [-0.2, -0.15) is 0 Å². The molecule has 0 bridgehead atoms. The zero-order valence-corrected chi connectivity index (χ0v) is 17.9. The number of nitrogens with two attached hydrogens (primary N) is 2. The van der Waals surface area contributed by atoms with Gasteiger partial charge >= 0.3 is 11.9 Å². The predicted molar refractivity (Wildman–Crippen MR) is 109 cm³/mol. The van der Waals surface area contributed by atoms with Crippen molar-refractivity contribution in [3.05, 3.63) is 0 Å². The summed E-state index contributed by atoms with van der Waals surface area (Å²) in [7, 11) is 0. The number of rotatable bonds is 15. The van der Waals surface area contributed by atoms with Gasteiger partial charge in [-0.1, -0.05) is 13.8 Å². The molecule has 0 aliphatic carbocycles. The molecule has 0 rings (SSSR count). The fraction of sp³-hybridized carbons (Fsp3) is 0.667. The molecule has 0 saturated carbocycles. The maximum Gasteiger partial charge on any atom is 0.326 e. The number of carboxylic acids is 2. The molecule has 0 heterocycles. The molecule has 0 fully saturated rings. The Kier molecular flexibility index (Phi) is 12.5. The summed E-state index contributed by atoms with van der Waals surface area (Å²) in [5.41, 5.74) is 10.7. The summed E-state index contributed by atoms with van der Waals surface area (Å²) in [4.78, 5) is 70.0. The van der Waals surface area contributed by atoms with Gasteiger partial charge in [-0.15, -0.1) is 0 Å². The van der Waals surface area contributed by atoms with Crippen molar-refractivity contribution in [3.63, 3.8) is 0 Å². The summed E-state index contributed by atoms with van der Waals surface area (Å²) in [5, 5.41) is 34.0. The third kappa shape index (κ3) is 10.7. The summed E-state index contributed by atoms with van der Waals surface area (Å²) < 4.78 is 0. The summed E-state index contributed by atoms with van der Waals surface area (Å²) in [5.74, 6) is -6.52. The molecule has 4 amide bonds. The van der Waals surface area contributed by atoms with Crippen molar-refractivity contribution < 1.29 is 44.1 Å². The molecule has 4 unspecified atom stereocenters. The lowest BCUT2D eigenvalue weighted by Crippen LogP contribution is -2.58. The van der Waals surface area contributed by atoms with Crippen LogP contribution in [0.1, 0.15) is 39.5 Å². The van der Waals surface area contributed by atoms with Crippen LogP contribution < -0.4 is 27.4 Å². The lowest BCUT2D eigenvalue weighted by atomic mass is 10.0. The largest absolute Gasteiger partial charge is 0.481 e. The number of aliphatic hydroxyl groups is 1. The van der Waals surface area contributed by atoms with Crippen LogP contribution in [0.2, 0.25) is 0 Å². The van der Waals surface area contributed by atoms with Crippen LogP contribution in [0.3, 0.4) is 0 Å². The molecule has 32 heavy (non-hydrogen) atoms. The number of nitrogens with one attached hydrogen (secondary N) is 3. The molecule has 10 N–H and O–H groups in total. The molecule has 0 aliphatic heterocycles. The van der Waals surface area contributed by atoms with E-state index in [0.717, 1.165) is 0 Å². The maximum absolute atomic E-state index is 12.6. The van der Waals surface area contributed by atoms with E-state index in [0.29, 0.717) is 0 Å². The van der Waals surface area contributed by atoms with E-state index in [-0.39, 0.29) is 25.2 Å². The van der Waals surface area contributed by atoms with Crippen molar-refractivity contribution in [2.45, 2.75) is 63.7 Å². The average Bonchev–Trinajstić information content (AvgIpc) is 2.70. The van der Waals surface area contributed by atoms with Crippen LogP contribution >= 0.6 is 0 Å². The third-order valence-corrected chi connectivity index (χ3v) is 4.41. The Morgan fingerprint density at radius 3 is 1.69 bits per heavy atom. The van der Waals surface area contributed by atoms with Crippen molar-refractivity contribution >= 4 is 35.6 Å². The second-order valence-electron chi connectivity index (χ2n) is 7.41. The number of carboxylic acid groups (broad SMARTS) is 2. The van der Waals surface area contributed by atoms with Crippen LogP contribution in [0.25, 0.3) is 0 Å². The quantitative estimate of drug-likeness (QED) is 0.120. The number of hydrogen-bond donors (Lipinski definition) is 8. The van der Waals surface area contributed by atoms with Gasteiger partial charge in [0.05, 0.1) is 12.6 Å². The molecule has 4 atom stereocenters. The highest BCUT2D eigenvalue weighted by molar-refractivity contribution is 5.94. The summed E-state index contributed by atoms with van der Waals surface area (Å²) in [6.45, 7) is 2.41. The van der Waals surface area contributed by atoms with E-state index in [4.69, 9.17) is 21.7 Å². The molecule has 0 aromatic rings. The number of amides is 4. The highest BCUT2D eigenvalue weighted by Gasteiger charge is 2.30. The number of hydrogen-bond acceptors (Lipinski definition) is 8. The molecule has 182 valence electrons. The topological polar surface area (TPSA) is 251 Å². The van der Waals surface area contributed by atoms with E-state index < -0.39 is 72.8 Å². The first kappa shape index (κ1) is 28.7. The highest BCUT2D eigenvalue weighted by Crippen LogP contribution is 2.04. The Balaban J connectivity index is 5.30. The van der Waals surface area contributed by atoms with Crippen LogP contribution in [0.4, 0.5) is 0 Å². The molecule has 14 heteroatoms. The lowest BCUT2D eigenvalue weighted by Gasteiger charge is -2.24. The van der Waals surface area contributed by atoms with Gasteiger partial charge in [-0.25, -0.2) is 4.79 Å². The highest BCUT2D eigenvalue weighted by atomic mass is 16.4. The first-order valence-corrected chi connectivity index (χ1v) is 9.80. The number of aliphatic hydroxyl groups excluding tert-OH is 1. The second-order valence-corrected chi connectivity index (χ2v) is 7.41. The number of carbonyl (C=O) groups is 6. The molecular weight excluding hydrogens is 430 g/mol. The zero-order chi connectivity index (χ0) is 25.0. The summed E-state index contributed by atoms with van der Waals surface area (Å²) >= 11 is 0. The van der Waals surface area contributed by atoms with Gasteiger partial charge in [0.1, 0.15) is 18.1 Å². The molecule has 0 aliphatic rings. The second kappa shape index (κ2) is 13.9. The van der Waals surface area contributed by atoms with E-state index in [2.05, 4.69) is 16.0 Å². The first-order chi connectivity index (χ1) is 14.8. The van der Waals surface area contributed by atoms with Gasteiger partial charge < -0.3 is 42.7 Å². The molecule has 0 aromatic heterocycles. The van der Waals surface area contributed by atoms with Crippen LogP contribution in [0.15, 0.2) is 0 Å². The van der Waals surface area contributed by atoms with Crippen LogP contribution in [0.5, 0.6) is 0 Å². The normalized spacial score (nSPS) is 14.5. The van der Waals surface area contributed by atoms with E-state index in [9.17, 15) is 33.9 Å². The Hall–Kier alpha value is -3.26. The van der Waals surface area contributed by atoms with Crippen LogP contribution in [0, 0.1) is 5.92 Å². The molecule has 14 nitrogen and oxygen atoms in total. The fourth-order valence-corrected chi connectivity index (χ4v) is 2.39. The monoisotopic (exact) mass is 461 g/mol. The van der Waals surface area contributed by atoms with Crippen molar-refractivity contribution in [1.82, 2.24) is 16.0 Å². The van der Waals surface area contributed by atoms with Gasteiger partial charge in [0, 0.05) is 12.8 Å². The van der Waals surface area contributed by atoms with Crippen LogP contribution in [-0.2, 0) is 28.8 Å². The Labute approximate surface area is 184 Å². The number of aliphatic carboxylic acids is 2. The zero-order valence-electron chi connectivity index (χ0n) is 17.9. The predicted octanol–water partition coefficient (Wildman–Crippen LogP) is -3.37. The summed E-state index contributed by atoms with van der Waals surface area (Å²) in [6, 6.07) is -5.47. The smallest absolute Gasteiger partial charge is 0.326 e. The van der Waals surface area contributed by atoms with Gasteiger partial charge in [-0.05, 0) is 18.8 Å². The van der Waals surface area contributed by atoms with Crippen molar-refractivity contribution in [3.8, 4) is 0 Å². The minimum Gasteiger partial charge on any atom is -0.481 e. The van der Waals surface area contributed by atoms with Crippen molar-refractivity contribution in [1.29, 1.82) is 0 Å². The van der Waals surface area contributed by atoms with Gasteiger partial charge in [0.15, 0.2) is 0 Å². The van der Waals surface area contributed by atoms with Crippen LogP contribution in [-0.4, -0.2) is 81.7 Å². The minimum absolute atomic E-state index is 0.275. The van der Waals surface area contributed by atoms with Crippen molar-refractivity contribution in [2.75, 3.05) is 6.61 Å². The van der Waals surface area contributed by atoms with Crippen molar-refractivity contribution in [2.24, 2.45) is 17.4 Å². The Morgan fingerprint density at radius 2 is 1.25 bits per heavy atom. The van der Waals surface area contributed by atoms with Gasteiger partial charge in [0.25, 0.3) is 0 Å². The lowest BCUT2D eigenvalue weighted by molar-refractivity contribution is -0.143. The van der Waals surface area contributed by atoms with E-state index >= 15 is 0 Å². The van der Waals surface area contributed by atoms with E-state index in [1.54, 1.807) is 13.8 Å².